The van der Waals surface area contributed by atoms with Gasteiger partial charge in [0.2, 0.25) is 0 Å². The van der Waals surface area contributed by atoms with Gasteiger partial charge in [-0.2, -0.15) is 0 Å². The summed E-state index contributed by atoms with van der Waals surface area (Å²) in [6.07, 6.45) is -1.19. The van der Waals surface area contributed by atoms with E-state index in [1.165, 1.54) is 24.3 Å². The molecule has 0 saturated carbocycles. The van der Waals surface area contributed by atoms with Crippen molar-refractivity contribution in [3.8, 4) is 11.5 Å². The van der Waals surface area contributed by atoms with Crippen molar-refractivity contribution in [1.29, 1.82) is 0 Å². The van der Waals surface area contributed by atoms with E-state index in [1.807, 2.05) is 0 Å². The maximum atomic E-state index is 10.7. The summed E-state index contributed by atoms with van der Waals surface area (Å²) in [4.78, 5) is 20.6. The minimum absolute atomic E-state index is 0.0164. The van der Waals surface area contributed by atoms with E-state index >= 15 is 0 Å². The molecular weight excluding hydrogens is 278 g/mol. The number of carboxylic acid groups (broad SMARTS) is 1. The summed E-state index contributed by atoms with van der Waals surface area (Å²) in [5.74, 6) is 0.681. The average Bonchev–Trinajstić information content (AvgIpc) is 2.37. The van der Waals surface area contributed by atoms with Crippen molar-refractivity contribution in [3.63, 3.8) is 0 Å². The molecule has 0 aliphatic rings. The number of anilines is 2. The molecule has 2 aromatic rings. The number of nitrogens with one attached hydrogen (secondary N) is 1. The Balaban J connectivity index is 2.20. The minimum Gasteiger partial charge on any atom is -0.465 e. The summed E-state index contributed by atoms with van der Waals surface area (Å²) >= 11 is 0. The Morgan fingerprint density at radius 3 is 2.57 bits per heavy atom. The zero-order valence-electron chi connectivity index (χ0n) is 10.6. The number of hydrogen-bond donors (Lipinski definition) is 3. The van der Waals surface area contributed by atoms with Crippen molar-refractivity contribution in [2.24, 2.45) is 0 Å². The molecule has 108 valence electrons. The van der Waals surface area contributed by atoms with E-state index in [2.05, 4.69) is 5.32 Å². The van der Waals surface area contributed by atoms with Gasteiger partial charge in [0.15, 0.2) is 0 Å². The lowest BCUT2D eigenvalue weighted by Gasteiger charge is -2.08. The Hall–Kier alpha value is -3.29. The van der Waals surface area contributed by atoms with Crippen LogP contribution in [0.5, 0.6) is 11.5 Å². The first kappa shape index (κ1) is 14.1. The van der Waals surface area contributed by atoms with Crippen molar-refractivity contribution >= 4 is 23.2 Å². The van der Waals surface area contributed by atoms with E-state index in [-0.39, 0.29) is 11.4 Å². The molecule has 8 nitrogen and oxygen atoms in total. The lowest BCUT2D eigenvalue weighted by Crippen LogP contribution is -2.06. The van der Waals surface area contributed by atoms with E-state index in [9.17, 15) is 14.9 Å². The van der Waals surface area contributed by atoms with Crippen molar-refractivity contribution in [1.82, 2.24) is 0 Å². The fourth-order valence-electron chi connectivity index (χ4n) is 1.66. The van der Waals surface area contributed by atoms with Crippen molar-refractivity contribution in [2.75, 3.05) is 11.1 Å². The molecule has 1 amide bonds. The number of rotatable bonds is 4. The molecule has 0 atom stereocenters. The summed E-state index contributed by atoms with van der Waals surface area (Å²) in [6.45, 7) is 0. The lowest BCUT2D eigenvalue weighted by atomic mass is 10.2. The summed E-state index contributed by atoms with van der Waals surface area (Å²) in [7, 11) is 0. The van der Waals surface area contributed by atoms with Crippen LogP contribution in [-0.2, 0) is 0 Å². The van der Waals surface area contributed by atoms with Crippen molar-refractivity contribution in [2.45, 2.75) is 0 Å². The number of nitrogens with zero attached hydrogens (tertiary/aromatic N) is 1. The van der Waals surface area contributed by atoms with Gasteiger partial charge in [0.05, 0.1) is 4.92 Å². The topological polar surface area (TPSA) is 128 Å². The Bertz CT molecular complexity index is 702. The predicted molar refractivity (Wildman–Crippen MR) is 75.7 cm³/mol. The van der Waals surface area contributed by atoms with Crippen LogP contribution in [0.2, 0.25) is 0 Å². The minimum atomic E-state index is -1.19. The SMILES string of the molecule is Nc1cc(Oc2cccc(NC(=O)O)c2)ccc1[N+](=O)[O-]. The third kappa shape index (κ3) is 3.60. The second-order valence-corrected chi connectivity index (χ2v) is 4.04. The first-order valence-corrected chi connectivity index (χ1v) is 5.77. The molecule has 0 aromatic heterocycles. The highest BCUT2D eigenvalue weighted by Gasteiger charge is 2.12. The maximum Gasteiger partial charge on any atom is 0.409 e. The van der Waals surface area contributed by atoms with Crippen molar-refractivity contribution in [3.05, 3.63) is 52.6 Å². The number of ether oxygens (including phenoxy) is 1. The highest BCUT2D eigenvalue weighted by atomic mass is 16.6. The second-order valence-electron chi connectivity index (χ2n) is 4.04. The van der Waals surface area contributed by atoms with Gasteiger partial charge < -0.3 is 15.6 Å². The largest absolute Gasteiger partial charge is 0.465 e. The van der Waals surface area contributed by atoms with Gasteiger partial charge in [-0.05, 0) is 18.2 Å². The number of benzene rings is 2. The molecule has 0 fully saturated rings. The van der Waals surface area contributed by atoms with Crippen LogP contribution >= 0.6 is 0 Å². The van der Waals surface area contributed by atoms with Crippen LogP contribution in [0.3, 0.4) is 0 Å². The van der Waals surface area contributed by atoms with E-state index in [0.29, 0.717) is 17.2 Å². The molecule has 0 unspecified atom stereocenters. The Morgan fingerprint density at radius 1 is 1.24 bits per heavy atom. The molecule has 8 heteroatoms. The summed E-state index contributed by atoms with van der Waals surface area (Å²) in [6, 6.07) is 10.2. The van der Waals surface area contributed by atoms with Gasteiger partial charge in [0.1, 0.15) is 17.2 Å². The molecule has 0 heterocycles. The highest BCUT2D eigenvalue weighted by Crippen LogP contribution is 2.30. The molecule has 4 N–H and O–H groups in total. The molecule has 0 aliphatic carbocycles. The van der Waals surface area contributed by atoms with Crippen molar-refractivity contribution < 1.29 is 19.6 Å². The summed E-state index contributed by atoms with van der Waals surface area (Å²) in [5.41, 5.74) is 5.68. The Morgan fingerprint density at radius 2 is 1.95 bits per heavy atom. The zero-order valence-corrected chi connectivity index (χ0v) is 10.6. The van der Waals surface area contributed by atoms with Crippen LogP contribution in [-0.4, -0.2) is 16.1 Å². The molecular formula is C13H11N3O5. The summed E-state index contributed by atoms with van der Waals surface area (Å²) in [5, 5.41) is 21.5. The van der Waals surface area contributed by atoms with E-state index in [1.54, 1.807) is 18.2 Å². The first-order chi connectivity index (χ1) is 9.95. The molecule has 21 heavy (non-hydrogen) atoms. The molecule has 0 spiro atoms. The maximum absolute atomic E-state index is 10.7. The van der Waals surface area contributed by atoms with Crippen LogP contribution < -0.4 is 15.8 Å². The van der Waals surface area contributed by atoms with Gasteiger partial charge in [-0.3, -0.25) is 15.4 Å². The van der Waals surface area contributed by atoms with E-state index < -0.39 is 11.0 Å². The monoisotopic (exact) mass is 289 g/mol. The van der Waals surface area contributed by atoms with Crippen LogP contribution in [0.1, 0.15) is 0 Å². The standard InChI is InChI=1S/C13H11N3O5/c14-11-7-10(4-5-12(11)16(19)20)21-9-3-1-2-8(6-9)15-13(17)18/h1-7,15H,14H2,(H,17,18). The normalized spacial score (nSPS) is 9.90. The second kappa shape index (κ2) is 5.78. The van der Waals surface area contributed by atoms with Crippen LogP contribution in [0.25, 0.3) is 0 Å². The van der Waals surface area contributed by atoms with Gasteiger partial charge in [-0.15, -0.1) is 0 Å². The molecule has 0 aliphatic heterocycles. The first-order valence-electron chi connectivity index (χ1n) is 5.77. The fraction of sp³-hybridized carbons (Fsp3) is 0. The molecule has 0 radical (unpaired) electrons. The van der Waals surface area contributed by atoms with Gasteiger partial charge in [-0.1, -0.05) is 6.07 Å². The smallest absolute Gasteiger partial charge is 0.409 e. The molecule has 0 saturated heterocycles. The zero-order chi connectivity index (χ0) is 15.4. The molecule has 0 bridgehead atoms. The molecule has 2 aromatic carbocycles. The lowest BCUT2D eigenvalue weighted by molar-refractivity contribution is -0.383. The third-order valence-corrected chi connectivity index (χ3v) is 2.52. The Labute approximate surface area is 118 Å². The number of hydrogen-bond acceptors (Lipinski definition) is 5. The van der Waals surface area contributed by atoms with Crippen LogP contribution in [0.4, 0.5) is 21.9 Å². The third-order valence-electron chi connectivity index (χ3n) is 2.52. The van der Waals surface area contributed by atoms with Crippen LogP contribution in [0, 0.1) is 10.1 Å². The van der Waals surface area contributed by atoms with E-state index in [4.69, 9.17) is 15.6 Å². The summed E-state index contributed by atoms with van der Waals surface area (Å²) < 4.78 is 5.48. The van der Waals surface area contributed by atoms with Gasteiger partial charge in [0, 0.05) is 23.9 Å². The average molecular weight is 289 g/mol. The fourth-order valence-corrected chi connectivity index (χ4v) is 1.66. The quantitative estimate of drug-likeness (QED) is 0.451. The van der Waals surface area contributed by atoms with E-state index in [0.717, 1.165) is 0 Å². The number of nitro benzene ring substituents is 1. The number of nitro groups is 1. The van der Waals surface area contributed by atoms with Gasteiger partial charge >= 0.3 is 6.09 Å². The number of nitrogens with two attached hydrogens (primary N) is 1. The number of carbonyl (C=O) groups is 1. The molecule has 2 rings (SSSR count). The highest BCUT2D eigenvalue weighted by molar-refractivity contribution is 5.83. The van der Waals surface area contributed by atoms with Crippen LogP contribution in [0.15, 0.2) is 42.5 Å². The van der Waals surface area contributed by atoms with Gasteiger partial charge in [-0.25, -0.2) is 4.79 Å². The number of nitrogen functional groups attached to an aromatic ring is 1. The Kier molecular flexibility index (Phi) is 3.89. The van der Waals surface area contributed by atoms with Gasteiger partial charge in [0.25, 0.3) is 5.69 Å². The predicted octanol–water partition coefficient (Wildman–Crippen LogP) is 3.06. The number of amides is 1.